The summed E-state index contributed by atoms with van der Waals surface area (Å²) < 4.78 is 44.8. The van der Waals surface area contributed by atoms with Gasteiger partial charge in [0.15, 0.2) is 0 Å². The summed E-state index contributed by atoms with van der Waals surface area (Å²) in [5, 5.41) is 19.5. The van der Waals surface area contributed by atoms with Crippen LogP contribution in [0.2, 0.25) is 0 Å². The second-order valence-electron chi connectivity index (χ2n) is 9.65. The van der Waals surface area contributed by atoms with E-state index in [1.165, 1.54) is 5.56 Å². The predicted octanol–water partition coefficient (Wildman–Crippen LogP) is 3.34. The van der Waals surface area contributed by atoms with E-state index in [-0.39, 0.29) is 18.2 Å². The van der Waals surface area contributed by atoms with Gasteiger partial charge < -0.3 is 14.5 Å². The van der Waals surface area contributed by atoms with Crippen LogP contribution < -0.4 is 4.74 Å². The molecular formula is C25H34F3N7O2. The lowest BCUT2D eigenvalue weighted by atomic mass is 9.89. The number of benzene rings is 1. The van der Waals surface area contributed by atoms with Crippen LogP contribution in [0, 0.1) is 10.8 Å². The molecule has 0 bridgehead atoms. The van der Waals surface area contributed by atoms with Crippen molar-refractivity contribution in [2.75, 3.05) is 52.4 Å². The minimum absolute atomic E-state index is 0.125. The van der Waals surface area contributed by atoms with E-state index in [9.17, 15) is 18.0 Å². The number of ether oxygens (including phenoxy) is 1. The van der Waals surface area contributed by atoms with Crippen LogP contribution in [0.5, 0.6) is 5.75 Å². The standard InChI is InChI=1S/C25H34F3N7O2/c1-18(36)33-14-12-32(13-15-33)16-17-37-21-4-2-19(3-5-21)20-8-10-34(11-9-20)23-7-6-22(29)35(31-23)24(30)25(26,27)28/h2-5,20,29-30H,6-17H2,1H3. The smallest absolute Gasteiger partial charge is 0.451 e. The molecule has 0 unspecified atom stereocenters. The summed E-state index contributed by atoms with van der Waals surface area (Å²) in [6.45, 7) is 7.57. The summed E-state index contributed by atoms with van der Waals surface area (Å²) in [4.78, 5) is 17.6. The van der Waals surface area contributed by atoms with Crippen LogP contribution in [-0.4, -0.2) is 102 Å². The predicted molar refractivity (Wildman–Crippen MR) is 134 cm³/mol. The highest BCUT2D eigenvalue weighted by Gasteiger charge is 2.41. The topological polar surface area (TPSA) is 99.3 Å². The zero-order valence-corrected chi connectivity index (χ0v) is 21.1. The number of rotatable bonds is 5. The van der Waals surface area contributed by atoms with Crippen molar-refractivity contribution in [2.24, 2.45) is 5.10 Å². The normalized spacial score (nSPS) is 20.2. The first kappa shape index (κ1) is 26.9. The van der Waals surface area contributed by atoms with Crippen LogP contribution in [-0.2, 0) is 4.79 Å². The molecule has 2 fully saturated rings. The van der Waals surface area contributed by atoms with Crippen molar-refractivity contribution < 1.29 is 22.7 Å². The van der Waals surface area contributed by atoms with Crippen LogP contribution in [0.1, 0.15) is 44.1 Å². The fourth-order valence-corrected chi connectivity index (χ4v) is 4.97. The number of piperidine rings is 1. The number of amidine groups is 3. The average Bonchev–Trinajstić information content (AvgIpc) is 2.89. The summed E-state index contributed by atoms with van der Waals surface area (Å²) in [6, 6.07) is 8.11. The Morgan fingerprint density at radius 1 is 1.05 bits per heavy atom. The van der Waals surface area contributed by atoms with Gasteiger partial charge in [-0.3, -0.25) is 20.5 Å². The van der Waals surface area contributed by atoms with E-state index in [2.05, 4.69) is 22.1 Å². The quantitative estimate of drug-likeness (QED) is 0.458. The van der Waals surface area contributed by atoms with Crippen LogP contribution in [0.4, 0.5) is 13.2 Å². The molecule has 9 nitrogen and oxygen atoms in total. The molecule has 0 saturated carbocycles. The van der Waals surface area contributed by atoms with E-state index in [1.54, 1.807) is 6.92 Å². The molecule has 0 atom stereocenters. The van der Waals surface area contributed by atoms with Gasteiger partial charge in [-0.25, -0.2) is 0 Å². The number of likely N-dealkylation sites (tertiary alicyclic amines) is 1. The largest absolute Gasteiger partial charge is 0.492 e. The second kappa shape index (κ2) is 11.5. The van der Waals surface area contributed by atoms with Gasteiger partial charge in [-0.05, 0) is 36.5 Å². The van der Waals surface area contributed by atoms with Gasteiger partial charge in [0, 0.05) is 65.6 Å². The first-order valence-electron chi connectivity index (χ1n) is 12.7. The van der Waals surface area contributed by atoms with Gasteiger partial charge in [-0.2, -0.15) is 23.3 Å². The maximum Gasteiger partial charge on any atom is 0.451 e. The molecule has 4 rings (SSSR count). The number of nitrogens with zero attached hydrogens (tertiary/aromatic N) is 5. The van der Waals surface area contributed by atoms with Gasteiger partial charge in [-0.15, -0.1) is 0 Å². The van der Waals surface area contributed by atoms with Crippen molar-refractivity contribution in [3.63, 3.8) is 0 Å². The Bertz CT molecular complexity index is 1010. The van der Waals surface area contributed by atoms with Crippen molar-refractivity contribution in [1.29, 1.82) is 10.8 Å². The third kappa shape index (κ3) is 6.79. The molecule has 37 heavy (non-hydrogen) atoms. The Hall–Kier alpha value is -3.15. The lowest BCUT2D eigenvalue weighted by molar-refractivity contribution is -0.130. The Balaban J connectivity index is 1.23. The number of amides is 1. The highest BCUT2D eigenvalue weighted by molar-refractivity contribution is 6.04. The third-order valence-electron chi connectivity index (χ3n) is 7.24. The van der Waals surface area contributed by atoms with E-state index in [1.807, 2.05) is 21.9 Å². The van der Waals surface area contributed by atoms with Gasteiger partial charge >= 0.3 is 6.18 Å². The highest BCUT2D eigenvalue weighted by atomic mass is 19.4. The van der Waals surface area contributed by atoms with Crippen LogP contribution in [0.15, 0.2) is 29.4 Å². The molecule has 0 aliphatic carbocycles. The fraction of sp³-hybridized carbons (Fsp3) is 0.600. The monoisotopic (exact) mass is 521 g/mol. The molecular weight excluding hydrogens is 487 g/mol. The summed E-state index contributed by atoms with van der Waals surface area (Å²) in [6.07, 6.45) is -2.61. The summed E-state index contributed by atoms with van der Waals surface area (Å²) >= 11 is 0. The first-order chi connectivity index (χ1) is 17.6. The van der Waals surface area contributed by atoms with Gasteiger partial charge in [0.1, 0.15) is 24.0 Å². The number of piperazine rings is 1. The molecule has 1 amide bonds. The van der Waals surface area contributed by atoms with E-state index in [0.717, 1.165) is 51.3 Å². The van der Waals surface area contributed by atoms with Crippen molar-refractivity contribution >= 4 is 23.4 Å². The number of carbonyl (C=O) groups excluding carboxylic acids is 1. The van der Waals surface area contributed by atoms with Crippen molar-refractivity contribution in [3.05, 3.63) is 29.8 Å². The number of hydrogen-bond donors (Lipinski definition) is 2. The van der Waals surface area contributed by atoms with Crippen molar-refractivity contribution in [2.45, 2.75) is 44.7 Å². The Morgan fingerprint density at radius 3 is 2.30 bits per heavy atom. The number of alkyl halides is 3. The van der Waals surface area contributed by atoms with E-state index in [4.69, 9.17) is 15.6 Å². The van der Waals surface area contributed by atoms with Gasteiger partial charge in [0.2, 0.25) is 11.7 Å². The summed E-state index contributed by atoms with van der Waals surface area (Å²) in [7, 11) is 0. The zero-order chi connectivity index (χ0) is 26.6. The number of hydrogen-bond acceptors (Lipinski definition) is 7. The fourth-order valence-electron chi connectivity index (χ4n) is 4.97. The lowest BCUT2D eigenvalue weighted by Crippen LogP contribution is -2.48. The molecule has 0 aromatic heterocycles. The van der Waals surface area contributed by atoms with Crippen molar-refractivity contribution in [1.82, 2.24) is 19.7 Å². The minimum atomic E-state index is -4.84. The summed E-state index contributed by atoms with van der Waals surface area (Å²) in [5.41, 5.74) is 1.21. The highest BCUT2D eigenvalue weighted by Crippen LogP contribution is 2.31. The SMILES string of the molecule is CC(=O)N1CCN(CCOc2ccc(C3CCN(C4=NN(C(=N)C(F)(F)F)C(=N)CC4)CC3)cc2)CC1. The Kier molecular flexibility index (Phi) is 8.35. The molecule has 0 spiro atoms. The third-order valence-corrected chi connectivity index (χ3v) is 7.24. The minimum Gasteiger partial charge on any atom is -0.492 e. The van der Waals surface area contributed by atoms with E-state index < -0.39 is 12.0 Å². The van der Waals surface area contributed by atoms with Gasteiger partial charge in [0.05, 0.1) is 0 Å². The number of nitrogens with one attached hydrogen (secondary N) is 2. The molecule has 1 aromatic rings. The summed E-state index contributed by atoms with van der Waals surface area (Å²) in [5.74, 6) is -0.138. The number of carbonyl (C=O) groups is 1. The van der Waals surface area contributed by atoms with Gasteiger partial charge in [-0.1, -0.05) is 12.1 Å². The first-order valence-corrected chi connectivity index (χ1v) is 12.7. The van der Waals surface area contributed by atoms with Crippen LogP contribution in [0.25, 0.3) is 0 Å². The van der Waals surface area contributed by atoms with E-state index >= 15 is 0 Å². The Morgan fingerprint density at radius 2 is 1.70 bits per heavy atom. The average molecular weight is 522 g/mol. The van der Waals surface area contributed by atoms with Gasteiger partial charge in [0.25, 0.3) is 0 Å². The molecule has 3 aliphatic rings. The maximum absolute atomic E-state index is 13.0. The molecule has 0 radical (unpaired) electrons. The number of halogens is 3. The van der Waals surface area contributed by atoms with Crippen LogP contribution >= 0.6 is 0 Å². The van der Waals surface area contributed by atoms with E-state index in [0.29, 0.717) is 42.9 Å². The molecule has 1 aromatic carbocycles. The molecule has 12 heteroatoms. The molecule has 3 aliphatic heterocycles. The zero-order valence-electron chi connectivity index (χ0n) is 21.1. The maximum atomic E-state index is 13.0. The lowest BCUT2D eigenvalue weighted by Gasteiger charge is -2.37. The molecule has 2 N–H and O–H groups in total. The molecule has 3 heterocycles. The Labute approximate surface area is 214 Å². The van der Waals surface area contributed by atoms with Crippen molar-refractivity contribution in [3.8, 4) is 5.75 Å². The number of hydrazone groups is 1. The van der Waals surface area contributed by atoms with Crippen LogP contribution in [0.3, 0.4) is 0 Å². The molecule has 202 valence electrons. The molecule has 2 saturated heterocycles. The second-order valence-corrected chi connectivity index (χ2v) is 9.65.